The van der Waals surface area contributed by atoms with E-state index < -0.39 is 23.9 Å². The summed E-state index contributed by atoms with van der Waals surface area (Å²) in [6.45, 7) is 0. The van der Waals surface area contributed by atoms with Crippen molar-refractivity contribution in [3.63, 3.8) is 0 Å². The smallest absolute Gasteiger partial charge is 0.326 e. The van der Waals surface area contributed by atoms with Crippen LogP contribution in [0, 0.1) is 0 Å². The molecule has 130 valence electrons. The lowest BCUT2D eigenvalue weighted by Crippen LogP contribution is -2.41. The Bertz CT molecular complexity index is 759. The summed E-state index contributed by atoms with van der Waals surface area (Å²) in [5, 5.41) is 20.1. The van der Waals surface area contributed by atoms with Gasteiger partial charge in [-0.3, -0.25) is 9.59 Å². The molecule has 0 unspecified atom stereocenters. The molecular weight excluding hydrogens is 326 g/mol. The van der Waals surface area contributed by atoms with Crippen LogP contribution in [0.5, 0.6) is 11.5 Å². The zero-order chi connectivity index (χ0) is 18.2. The second-order valence-electron chi connectivity index (χ2n) is 5.24. The van der Waals surface area contributed by atoms with Gasteiger partial charge < -0.3 is 20.3 Å². The van der Waals surface area contributed by atoms with Crippen LogP contribution in [-0.2, 0) is 9.59 Å². The first kappa shape index (κ1) is 18.0. The van der Waals surface area contributed by atoms with Gasteiger partial charge in [0.25, 0.3) is 5.91 Å². The quantitative estimate of drug-likeness (QED) is 0.679. The second kappa shape index (κ2) is 8.49. The van der Waals surface area contributed by atoms with Crippen molar-refractivity contribution in [2.45, 2.75) is 18.9 Å². The summed E-state index contributed by atoms with van der Waals surface area (Å²) in [4.78, 5) is 34.0. The average molecular weight is 343 g/mol. The first-order valence-electron chi connectivity index (χ1n) is 7.54. The van der Waals surface area contributed by atoms with Gasteiger partial charge in [-0.05, 0) is 36.8 Å². The average Bonchev–Trinajstić information content (AvgIpc) is 2.59. The van der Waals surface area contributed by atoms with Gasteiger partial charge >= 0.3 is 11.9 Å². The third kappa shape index (κ3) is 5.65. The third-order valence-corrected chi connectivity index (χ3v) is 3.33. The molecule has 2 rings (SSSR count). The number of amides is 1. The van der Waals surface area contributed by atoms with Crippen LogP contribution in [0.3, 0.4) is 0 Å². The minimum absolute atomic E-state index is 0.198. The molecule has 0 saturated carbocycles. The number of benzene rings is 2. The summed E-state index contributed by atoms with van der Waals surface area (Å²) in [5.74, 6) is -2.00. The molecule has 0 bridgehead atoms. The van der Waals surface area contributed by atoms with Crippen molar-refractivity contribution in [2.75, 3.05) is 0 Å². The van der Waals surface area contributed by atoms with Crippen LogP contribution >= 0.6 is 0 Å². The van der Waals surface area contributed by atoms with Crippen LogP contribution in [-0.4, -0.2) is 34.1 Å². The van der Waals surface area contributed by atoms with Crippen molar-refractivity contribution in [3.05, 3.63) is 60.2 Å². The molecule has 25 heavy (non-hydrogen) atoms. The number of rotatable bonds is 8. The fourth-order valence-corrected chi connectivity index (χ4v) is 2.09. The minimum Gasteiger partial charge on any atom is -0.481 e. The van der Waals surface area contributed by atoms with E-state index in [4.69, 9.17) is 14.9 Å². The van der Waals surface area contributed by atoms with Gasteiger partial charge in [-0.15, -0.1) is 0 Å². The van der Waals surface area contributed by atoms with Gasteiger partial charge in [-0.1, -0.05) is 24.3 Å². The molecule has 0 spiro atoms. The number of carboxylic acid groups (broad SMARTS) is 2. The lowest BCUT2D eigenvalue weighted by atomic mass is 10.1. The Morgan fingerprint density at radius 2 is 1.64 bits per heavy atom. The lowest BCUT2D eigenvalue weighted by Gasteiger charge is -2.14. The van der Waals surface area contributed by atoms with Crippen LogP contribution < -0.4 is 10.1 Å². The van der Waals surface area contributed by atoms with E-state index in [0.29, 0.717) is 11.5 Å². The van der Waals surface area contributed by atoms with Gasteiger partial charge in [0.1, 0.15) is 17.5 Å². The molecule has 0 aromatic heterocycles. The molecule has 2 aromatic carbocycles. The Balaban J connectivity index is 2.06. The first-order chi connectivity index (χ1) is 12.0. The van der Waals surface area contributed by atoms with Crippen molar-refractivity contribution in [1.82, 2.24) is 5.32 Å². The van der Waals surface area contributed by atoms with Gasteiger partial charge in [0.2, 0.25) is 0 Å². The Labute approximate surface area is 143 Å². The SMILES string of the molecule is O=C(O)CC[C@H](NC(=O)c1cccc(Oc2ccccc2)c1)C(=O)O. The predicted octanol–water partition coefficient (Wildman–Crippen LogP) is 2.53. The normalized spacial score (nSPS) is 11.4. The third-order valence-electron chi connectivity index (χ3n) is 3.33. The van der Waals surface area contributed by atoms with Gasteiger partial charge in [0.15, 0.2) is 0 Å². The van der Waals surface area contributed by atoms with E-state index in [1.54, 1.807) is 24.3 Å². The van der Waals surface area contributed by atoms with Gasteiger partial charge in [0, 0.05) is 12.0 Å². The molecule has 0 aliphatic heterocycles. The topological polar surface area (TPSA) is 113 Å². The van der Waals surface area contributed by atoms with Gasteiger partial charge in [-0.2, -0.15) is 0 Å². The molecule has 3 N–H and O–H groups in total. The number of carbonyl (C=O) groups is 3. The predicted molar refractivity (Wildman–Crippen MR) is 88.7 cm³/mol. The number of ether oxygens (including phenoxy) is 1. The molecule has 0 saturated heterocycles. The van der Waals surface area contributed by atoms with E-state index in [1.165, 1.54) is 12.1 Å². The largest absolute Gasteiger partial charge is 0.481 e. The van der Waals surface area contributed by atoms with Crippen molar-refractivity contribution in [2.24, 2.45) is 0 Å². The highest BCUT2D eigenvalue weighted by Gasteiger charge is 2.21. The van der Waals surface area contributed by atoms with E-state index in [1.807, 2.05) is 18.2 Å². The Morgan fingerprint density at radius 1 is 0.960 bits per heavy atom. The zero-order valence-corrected chi connectivity index (χ0v) is 13.2. The molecule has 7 heteroatoms. The lowest BCUT2D eigenvalue weighted by molar-refractivity contribution is -0.140. The summed E-state index contributed by atoms with van der Waals surface area (Å²) in [6, 6.07) is 14.0. The highest BCUT2D eigenvalue weighted by molar-refractivity contribution is 5.97. The molecule has 0 aliphatic rings. The number of nitrogens with one attached hydrogen (secondary N) is 1. The molecular formula is C18H17NO6. The van der Waals surface area contributed by atoms with E-state index in [0.717, 1.165) is 0 Å². The molecule has 0 radical (unpaired) electrons. The highest BCUT2D eigenvalue weighted by Crippen LogP contribution is 2.21. The van der Waals surface area contributed by atoms with Crippen LogP contribution in [0.1, 0.15) is 23.2 Å². The minimum atomic E-state index is -1.29. The Kier molecular flexibility index (Phi) is 6.11. The van der Waals surface area contributed by atoms with Gasteiger partial charge in [-0.25, -0.2) is 4.79 Å². The summed E-state index contributed by atoms with van der Waals surface area (Å²) in [5.41, 5.74) is 0.218. The van der Waals surface area contributed by atoms with Crippen molar-refractivity contribution >= 4 is 17.8 Å². The molecule has 7 nitrogen and oxygen atoms in total. The first-order valence-corrected chi connectivity index (χ1v) is 7.54. The monoisotopic (exact) mass is 343 g/mol. The van der Waals surface area contributed by atoms with Crippen molar-refractivity contribution in [3.8, 4) is 11.5 Å². The van der Waals surface area contributed by atoms with Crippen LogP contribution in [0.15, 0.2) is 54.6 Å². The maximum Gasteiger partial charge on any atom is 0.326 e. The van der Waals surface area contributed by atoms with Crippen LogP contribution in [0.2, 0.25) is 0 Å². The second-order valence-corrected chi connectivity index (χ2v) is 5.24. The molecule has 0 heterocycles. The molecule has 1 amide bonds. The summed E-state index contributed by atoms with van der Waals surface area (Å²) < 4.78 is 5.63. The van der Waals surface area contributed by atoms with Crippen LogP contribution in [0.4, 0.5) is 0 Å². The van der Waals surface area contributed by atoms with E-state index in [9.17, 15) is 14.4 Å². The van der Waals surface area contributed by atoms with E-state index in [2.05, 4.69) is 5.32 Å². The van der Waals surface area contributed by atoms with Gasteiger partial charge in [0.05, 0.1) is 0 Å². The number of aliphatic carboxylic acids is 2. The summed E-state index contributed by atoms with van der Waals surface area (Å²) in [7, 11) is 0. The maximum absolute atomic E-state index is 12.2. The fraction of sp³-hybridized carbons (Fsp3) is 0.167. The van der Waals surface area contributed by atoms with E-state index in [-0.39, 0.29) is 18.4 Å². The number of carboxylic acids is 2. The van der Waals surface area contributed by atoms with E-state index >= 15 is 0 Å². The number of hydrogen-bond donors (Lipinski definition) is 3. The number of carbonyl (C=O) groups excluding carboxylic acids is 1. The standard InChI is InChI=1S/C18H17NO6/c20-16(21)10-9-15(18(23)24)19-17(22)12-5-4-8-14(11-12)25-13-6-2-1-3-7-13/h1-8,11,15H,9-10H2,(H,19,22)(H,20,21)(H,23,24)/t15-/m0/s1. The van der Waals surface area contributed by atoms with Crippen molar-refractivity contribution in [1.29, 1.82) is 0 Å². The summed E-state index contributed by atoms with van der Waals surface area (Å²) >= 11 is 0. The molecule has 1 atom stereocenters. The maximum atomic E-state index is 12.2. The molecule has 0 fully saturated rings. The highest BCUT2D eigenvalue weighted by atomic mass is 16.5. The number of para-hydroxylation sites is 1. The fourth-order valence-electron chi connectivity index (χ4n) is 2.09. The molecule has 0 aliphatic carbocycles. The Hall–Kier alpha value is -3.35. The number of hydrogen-bond acceptors (Lipinski definition) is 4. The van der Waals surface area contributed by atoms with Crippen LogP contribution in [0.25, 0.3) is 0 Å². The summed E-state index contributed by atoms with van der Waals surface area (Å²) in [6.07, 6.45) is -0.551. The molecule has 2 aromatic rings. The zero-order valence-electron chi connectivity index (χ0n) is 13.2. The van der Waals surface area contributed by atoms with Crippen molar-refractivity contribution < 1.29 is 29.3 Å². The Morgan fingerprint density at radius 3 is 2.28 bits per heavy atom.